The zero-order valence-electron chi connectivity index (χ0n) is 9.92. The van der Waals surface area contributed by atoms with Crippen LogP contribution in [-0.2, 0) is 4.79 Å². The minimum atomic E-state index is -1.56. The van der Waals surface area contributed by atoms with Crippen molar-refractivity contribution in [1.82, 2.24) is 10.6 Å². The smallest absolute Gasteiger partial charge is 0.414 e. The van der Waals surface area contributed by atoms with Crippen molar-refractivity contribution in [3.05, 3.63) is 0 Å². The van der Waals surface area contributed by atoms with Gasteiger partial charge in [0.25, 0.3) is 0 Å². The van der Waals surface area contributed by atoms with Crippen LogP contribution < -0.4 is 22.1 Å². The Labute approximate surface area is 108 Å². The van der Waals surface area contributed by atoms with E-state index in [1.807, 2.05) is 0 Å². The van der Waals surface area contributed by atoms with Crippen LogP contribution in [0.3, 0.4) is 0 Å². The van der Waals surface area contributed by atoms with Crippen molar-refractivity contribution in [2.75, 3.05) is 6.54 Å². The molecule has 0 heterocycles. The summed E-state index contributed by atoms with van der Waals surface area (Å²) in [6.45, 7) is 0.482. The number of rotatable bonds is 5. The fourth-order valence-electron chi connectivity index (χ4n) is 0.760. The number of aliphatic carboxylic acids is 1. The van der Waals surface area contributed by atoms with Crippen molar-refractivity contribution in [2.24, 2.45) is 11.5 Å². The molecule has 0 aromatic carbocycles. The molecule has 0 saturated heterocycles. The number of hydrogen-bond donors (Lipinski definition) is 8. The summed E-state index contributed by atoms with van der Waals surface area (Å²) in [7, 11) is 0. The third kappa shape index (κ3) is 18.0. The zero-order valence-corrected chi connectivity index (χ0v) is 9.92. The topological polar surface area (TPSA) is 212 Å². The summed E-state index contributed by atoms with van der Waals surface area (Å²) in [6.07, 6.45) is -2.15. The number of nitrogens with one attached hydrogen (secondary N) is 3. The van der Waals surface area contributed by atoms with Gasteiger partial charge in [0, 0.05) is 6.54 Å². The SMILES string of the molecule is N=C(N)NCCC[C@H](N)C(=O)O.O=C(O)NC(=O)O. The molecule has 0 aromatic rings. The number of guanidine groups is 1. The molecule has 10 N–H and O–H groups in total. The maximum absolute atomic E-state index is 10.2. The number of carbonyl (C=O) groups is 3. The molecule has 0 spiro atoms. The van der Waals surface area contributed by atoms with E-state index in [1.165, 1.54) is 0 Å². The van der Waals surface area contributed by atoms with Crippen LogP contribution in [0.25, 0.3) is 0 Å². The Balaban J connectivity index is 0. The molecule has 11 heteroatoms. The highest BCUT2D eigenvalue weighted by Crippen LogP contribution is 1.92. The van der Waals surface area contributed by atoms with Crippen molar-refractivity contribution < 1.29 is 29.7 Å². The molecule has 0 aliphatic rings. The standard InChI is InChI=1S/C6H14N4O2.C2H3NO4/c7-4(5(11)12)2-1-3-10-6(8)9;4-1(5)3-2(6)7/h4H,1-3,7H2,(H,11,12)(H4,8,9,10);3H,(H,4,5)(H,6,7)/t4-;/m0./s1. The van der Waals surface area contributed by atoms with E-state index in [1.54, 1.807) is 0 Å². The van der Waals surface area contributed by atoms with Crippen molar-refractivity contribution in [3.63, 3.8) is 0 Å². The van der Waals surface area contributed by atoms with Gasteiger partial charge in [-0.2, -0.15) is 0 Å². The summed E-state index contributed by atoms with van der Waals surface area (Å²) < 4.78 is 0. The molecule has 0 unspecified atom stereocenters. The van der Waals surface area contributed by atoms with Gasteiger partial charge in [-0.25, -0.2) is 14.9 Å². The molecule has 0 aliphatic heterocycles. The molecule has 0 saturated carbocycles. The summed E-state index contributed by atoms with van der Waals surface area (Å²) >= 11 is 0. The van der Waals surface area contributed by atoms with Crippen LogP contribution in [0.1, 0.15) is 12.8 Å². The summed E-state index contributed by atoms with van der Waals surface area (Å²) in [5.74, 6) is -1.11. The largest absolute Gasteiger partial charge is 0.480 e. The fraction of sp³-hybridized carbons (Fsp3) is 0.500. The van der Waals surface area contributed by atoms with Gasteiger partial charge in [-0.1, -0.05) is 0 Å². The quantitative estimate of drug-likeness (QED) is 0.168. The lowest BCUT2D eigenvalue weighted by Crippen LogP contribution is -2.34. The molecular formula is C8H17N5O6. The van der Waals surface area contributed by atoms with Crippen LogP contribution in [0.4, 0.5) is 9.59 Å². The number of nitrogens with two attached hydrogens (primary N) is 2. The van der Waals surface area contributed by atoms with Crippen LogP contribution in [-0.4, -0.2) is 52.0 Å². The molecule has 11 nitrogen and oxygen atoms in total. The highest BCUT2D eigenvalue weighted by Gasteiger charge is 2.09. The molecular weight excluding hydrogens is 262 g/mol. The predicted octanol–water partition coefficient (Wildman–Crippen LogP) is -1.41. The highest BCUT2D eigenvalue weighted by molar-refractivity contribution is 5.84. The van der Waals surface area contributed by atoms with Crippen LogP contribution in [0.2, 0.25) is 0 Å². The average molecular weight is 279 g/mol. The number of hydrogen-bond acceptors (Lipinski definition) is 5. The third-order valence-corrected chi connectivity index (χ3v) is 1.54. The molecule has 0 bridgehead atoms. The van der Waals surface area contributed by atoms with Gasteiger partial charge in [0.1, 0.15) is 6.04 Å². The number of carboxylic acid groups (broad SMARTS) is 3. The lowest BCUT2D eigenvalue weighted by atomic mass is 10.2. The first-order chi connectivity index (χ1) is 8.66. The first-order valence-corrected chi connectivity index (χ1v) is 4.96. The molecule has 2 amide bonds. The van der Waals surface area contributed by atoms with E-state index < -0.39 is 24.2 Å². The van der Waals surface area contributed by atoms with E-state index in [2.05, 4.69) is 5.32 Å². The Morgan fingerprint density at radius 1 is 1.16 bits per heavy atom. The van der Waals surface area contributed by atoms with Crippen molar-refractivity contribution in [2.45, 2.75) is 18.9 Å². The predicted molar refractivity (Wildman–Crippen MR) is 63.9 cm³/mol. The van der Waals surface area contributed by atoms with E-state index in [-0.39, 0.29) is 5.96 Å². The molecule has 0 aromatic heterocycles. The van der Waals surface area contributed by atoms with Gasteiger partial charge in [-0.05, 0) is 12.8 Å². The number of imide groups is 1. The van der Waals surface area contributed by atoms with Gasteiger partial charge >= 0.3 is 18.2 Å². The maximum Gasteiger partial charge on any atom is 0.414 e. The first-order valence-electron chi connectivity index (χ1n) is 4.96. The Morgan fingerprint density at radius 2 is 1.63 bits per heavy atom. The van der Waals surface area contributed by atoms with E-state index in [0.717, 1.165) is 5.32 Å². The highest BCUT2D eigenvalue weighted by atomic mass is 16.4. The summed E-state index contributed by atoms with van der Waals surface area (Å²) in [4.78, 5) is 28.9. The van der Waals surface area contributed by atoms with Crippen LogP contribution in [0, 0.1) is 5.41 Å². The van der Waals surface area contributed by atoms with Crippen LogP contribution in [0.5, 0.6) is 0 Å². The van der Waals surface area contributed by atoms with Crippen molar-refractivity contribution >= 4 is 24.1 Å². The van der Waals surface area contributed by atoms with Crippen molar-refractivity contribution in [3.8, 4) is 0 Å². The fourth-order valence-corrected chi connectivity index (χ4v) is 0.760. The minimum Gasteiger partial charge on any atom is -0.480 e. The molecule has 0 fully saturated rings. The summed E-state index contributed by atoms with van der Waals surface area (Å²) in [6, 6.07) is -0.821. The Kier molecular flexibility index (Phi) is 10.5. The Bertz CT molecular complexity index is 322. The monoisotopic (exact) mass is 279 g/mol. The first kappa shape index (κ1) is 18.8. The lowest BCUT2D eigenvalue weighted by molar-refractivity contribution is -0.138. The van der Waals surface area contributed by atoms with E-state index in [0.29, 0.717) is 19.4 Å². The summed E-state index contributed by atoms with van der Waals surface area (Å²) in [5.41, 5.74) is 10.2. The second-order valence-electron chi connectivity index (χ2n) is 3.16. The van der Waals surface area contributed by atoms with Crippen molar-refractivity contribution in [1.29, 1.82) is 5.41 Å². The molecule has 0 aliphatic carbocycles. The van der Waals surface area contributed by atoms with E-state index in [9.17, 15) is 14.4 Å². The number of amides is 2. The van der Waals surface area contributed by atoms with E-state index in [4.69, 9.17) is 32.2 Å². The Hall–Kier alpha value is -2.56. The normalized spacial score (nSPS) is 10.4. The second-order valence-corrected chi connectivity index (χ2v) is 3.16. The molecule has 110 valence electrons. The van der Waals surface area contributed by atoms with Gasteiger partial charge in [-0.3, -0.25) is 10.2 Å². The van der Waals surface area contributed by atoms with E-state index >= 15 is 0 Å². The minimum absolute atomic E-state index is 0.112. The van der Waals surface area contributed by atoms with Gasteiger partial charge in [0.2, 0.25) is 0 Å². The van der Waals surface area contributed by atoms with Gasteiger partial charge in [0.05, 0.1) is 0 Å². The second kappa shape index (κ2) is 10.6. The maximum atomic E-state index is 10.2. The van der Waals surface area contributed by atoms with Gasteiger partial charge in [0.15, 0.2) is 5.96 Å². The molecule has 0 radical (unpaired) electrons. The molecule has 0 rings (SSSR count). The molecule has 1 atom stereocenters. The van der Waals surface area contributed by atoms with Crippen LogP contribution in [0.15, 0.2) is 0 Å². The zero-order chi connectivity index (χ0) is 15.4. The van der Waals surface area contributed by atoms with Crippen LogP contribution >= 0.6 is 0 Å². The third-order valence-electron chi connectivity index (χ3n) is 1.54. The molecule has 19 heavy (non-hydrogen) atoms. The van der Waals surface area contributed by atoms with Gasteiger partial charge < -0.3 is 32.1 Å². The Morgan fingerprint density at radius 3 is 1.89 bits per heavy atom. The lowest BCUT2D eigenvalue weighted by Gasteiger charge is -2.06. The van der Waals surface area contributed by atoms with Gasteiger partial charge in [-0.15, -0.1) is 0 Å². The summed E-state index contributed by atoms with van der Waals surface area (Å²) in [5, 5.41) is 34.0. The average Bonchev–Trinajstić information content (AvgIpc) is 2.22. The number of carboxylic acids is 1.